The van der Waals surface area contributed by atoms with Gasteiger partial charge in [0, 0.05) is 22.0 Å². The smallest absolute Gasteiger partial charge is 0.195 e. The van der Waals surface area contributed by atoms with Crippen molar-refractivity contribution in [2.45, 2.75) is 30.5 Å². The summed E-state index contributed by atoms with van der Waals surface area (Å²) in [5, 5.41) is 10.4. The first kappa shape index (κ1) is 13.2. The van der Waals surface area contributed by atoms with Crippen molar-refractivity contribution in [3.05, 3.63) is 58.4 Å². The molecule has 102 valence electrons. The molecule has 0 saturated heterocycles. The molecule has 2 unspecified atom stereocenters. The number of fused-ring (bicyclic) bond motifs is 1. The van der Waals surface area contributed by atoms with E-state index in [1.807, 2.05) is 6.20 Å². The number of alkyl halides is 1. The molecular weight excluding hydrogens is 316 g/mol. The second-order valence-corrected chi connectivity index (χ2v) is 5.99. The van der Waals surface area contributed by atoms with E-state index in [0.29, 0.717) is 0 Å². The van der Waals surface area contributed by atoms with Crippen LogP contribution in [0, 0.1) is 6.57 Å². The number of hydrogen-bond acceptors (Lipinski definition) is 2. The van der Waals surface area contributed by atoms with Crippen molar-refractivity contribution in [1.82, 2.24) is 10.2 Å². The molecule has 1 aromatic heterocycles. The van der Waals surface area contributed by atoms with Gasteiger partial charge < -0.3 is 5.32 Å². The quantitative estimate of drug-likeness (QED) is 0.633. The van der Waals surface area contributed by atoms with Crippen molar-refractivity contribution in [2.24, 2.45) is 0 Å². The Morgan fingerprint density at radius 2 is 2.40 bits per heavy atom. The number of halogens is 1. The van der Waals surface area contributed by atoms with Gasteiger partial charge in [-0.2, -0.15) is 5.10 Å². The summed E-state index contributed by atoms with van der Waals surface area (Å²) in [7, 11) is 0. The van der Waals surface area contributed by atoms with Gasteiger partial charge in [0.15, 0.2) is 5.70 Å². The predicted octanol–water partition coefficient (Wildman–Crippen LogP) is 4.11. The van der Waals surface area contributed by atoms with Gasteiger partial charge in [-0.25, -0.2) is 4.85 Å². The molecule has 1 aliphatic carbocycles. The topological polar surface area (TPSA) is 45.1 Å². The van der Waals surface area contributed by atoms with E-state index in [1.165, 1.54) is 5.57 Å². The summed E-state index contributed by atoms with van der Waals surface area (Å²) in [5.74, 6) is 0.904. The number of allylic oxidation sites excluding steroid dienone is 5. The van der Waals surface area contributed by atoms with Crippen molar-refractivity contribution < 1.29 is 0 Å². The molecule has 20 heavy (non-hydrogen) atoms. The van der Waals surface area contributed by atoms with Gasteiger partial charge in [-0.05, 0) is 12.8 Å². The zero-order chi connectivity index (χ0) is 14.1. The van der Waals surface area contributed by atoms with E-state index >= 15 is 0 Å². The Kier molecular flexibility index (Phi) is 3.49. The van der Waals surface area contributed by atoms with Crippen LogP contribution in [-0.2, 0) is 0 Å². The third kappa shape index (κ3) is 2.01. The largest absolute Gasteiger partial charge is 0.354 e. The molecule has 5 heteroatoms. The minimum absolute atomic E-state index is 0.00762. The molecule has 2 atom stereocenters. The molecule has 0 amide bonds. The van der Waals surface area contributed by atoms with Crippen LogP contribution >= 0.6 is 15.9 Å². The van der Waals surface area contributed by atoms with E-state index in [-0.39, 0.29) is 10.7 Å². The number of anilines is 1. The van der Waals surface area contributed by atoms with Crippen molar-refractivity contribution in [3.63, 3.8) is 0 Å². The average Bonchev–Trinajstić information content (AvgIpc) is 2.94. The number of aromatic nitrogens is 2. The highest BCUT2D eigenvalue weighted by Crippen LogP contribution is 2.45. The lowest BCUT2D eigenvalue weighted by Gasteiger charge is -2.30. The maximum absolute atomic E-state index is 7.58. The van der Waals surface area contributed by atoms with Crippen molar-refractivity contribution in [1.29, 1.82) is 0 Å². The van der Waals surface area contributed by atoms with E-state index in [4.69, 9.17) is 6.57 Å². The summed E-state index contributed by atoms with van der Waals surface area (Å²) in [6, 6.07) is 0. The minimum Gasteiger partial charge on any atom is -0.354 e. The number of aromatic amines is 1. The van der Waals surface area contributed by atoms with Gasteiger partial charge >= 0.3 is 0 Å². The lowest BCUT2D eigenvalue weighted by atomic mass is 9.82. The lowest BCUT2D eigenvalue weighted by Crippen LogP contribution is -2.21. The van der Waals surface area contributed by atoms with E-state index in [2.05, 4.69) is 61.4 Å². The van der Waals surface area contributed by atoms with Gasteiger partial charge in [-0.15, -0.1) is 0 Å². The van der Waals surface area contributed by atoms with Gasteiger partial charge in [0.2, 0.25) is 0 Å². The van der Waals surface area contributed by atoms with Crippen molar-refractivity contribution in [2.75, 3.05) is 5.32 Å². The Hall–Kier alpha value is -1.80. The normalized spacial score (nSPS) is 24.8. The molecule has 3 rings (SSSR count). The van der Waals surface area contributed by atoms with Crippen LogP contribution in [0.15, 0.2) is 41.4 Å². The highest BCUT2D eigenvalue weighted by molar-refractivity contribution is 9.09. The Bertz CT molecular complexity index is 660. The van der Waals surface area contributed by atoms with E-state index in [9.17, 15) is 0 Å². The average molecular weight is 331 g/mol. The van der Waals surface area contributed by atoms with Gasteiger partial charge in [0.1, 0.15) is 5.82 Å². The summed E-state index contributed by atoms with van der Waals surface area (Å²) in [5.41, 5.74) is 4.05. The van der Waals surface area contributed by atoms with Crippen LogP contribution in [0.5, 0.6) is 0 Å². The zero-order valence-corrected chi connectivity index (χ0v) is 12.7. The molecule has 0 saturated carbocycles. The standard InChI is InChI=1S/C15H15BrN4/c1-3-12-14(17-2)13(9-6-4-5-7-11(9)16)10-8-18-20-15(10)19-12/h4-6,8,11,13H,3,7H2,1H3,(H2,18,19,20). The molecule has 1 aliphatic heterocycles. The maximum Gasteiger partial charge on any atom is 0.195 e. The zero-order valence-electron chi connectivity index (χ0n) is 11.2. The molecule has 0 radical (unpaired) electrons. The molecule has 1 aromatic rings. The fraction of sp³-hybridized carbons (Fsp3) is 0.333. The minimum atomic E-state index is -0.00762. The summed E-state index contributed by atoms with van der Waals surface area (Å²) in [4.78, 5) is 4.08. The predicted molar refractivity (Wildman–Crippen MR) is 83.4 cm³/mol. The SMILES string of the molecule is [C-]#[N+]C1=C(CC)Nc2[nH]ncc2C1C1=CC=CCC1Br. The van der Waals surface area contributed by atoms with Gasteiger partial charge in [-0.1, -0.05) is 46.7 Å². The second-order valence-electron chi connectivity index (χ2n) is 4.89. The Labute approximate surface area is 126 Å². The number of nitrogens with one attached hydrogen (secondary N) is 2. The van der Waals surface area contributed by atoms with Crippen LogP contribution in [0.2, 0.25) is 0 Å². The first-order chi connectivity index (χ1) is 9.76. The van der Waals surface area contributed by atoms with Crippen LogP contribution in [0.4, 0.5) is 5.82 Å². The first-order valence-corrected chi connectivity index (χ1v) is 7.59. The molecular formula is C15H15BrN4. The summed E-state index contributed by atoms with van der Waals surface area (Å²) >= 11 is 3.73. The van der Waals surface area contributed by atoms with Crippen molar-refractivity contribution in [3.8, 4) is 0 Å². The van der Waals surface area contributed by atoms with Crippen LogP contribution < -0.4 is 5.32 Å². The van der Waals surface area contributed by atoms with Crippen LogP contribution in [0.3, 0.4) is 0 Å². The molecule has 0 bridgehead atoms. The van der Waals surface area contributed by atoms with Gasteiger partial charge in [-0.3, -0.25) is 5.10 Å². The molecule has 0 fully saturated rings. The van der Waals surface area contributed by atoms with E-state index in [0.717, 1.165) is 35.6 Å². The van der Waals surface area contributed by atoms with Crippen LogP contribution in [-0.4, -0.2) is 15.0 Å². The molecule has 2 aliphatic rings. The Balaban J connectivity index is 2.16. The number of H-pyrrole nitrogens is 1. The highest BCUT2D eigenvalue weighted by atomic mass is 79.9. The molecule has 4 nitrogen and oxygen atoms in total. The van der Waals surface area contributed by atoms with E-state index < -0.39 is 0 Å². The molecule has 0 spiro atoms. The lowest BCUT2D eigenvalue weighted by molar-refractivity contribution is 0.822. The fourth-order valence-electron chi connectivity index (χ4n) is 2.78. The van der Waals surface area contributed by atoms with Crippen molar-refractivity contribution >= 4 is 21.7 Å². The summed E-state index contributed by atoms with van der Waals surface area (Å²) < 4.78 is 0. The Morgan fingerprint density at radius 1 is 1.55 bits per heavy atom. The summed E-state index contributed by atoms with van der Waals surface area (Å²) in [6.07, 6.45) is 9.92. The maximum atomic E-state index is 7.58. The Morgan fingerprint density at radius 3 is 3.10 bits per heavy atom. The fourth-order valence-corrected chi connectivity index (χ4v) is 3.42. The van der Waals surface area contributed by atoms with Crippen LogP contribution in [0.1, 0.15) is 31.2 Å². The highest BCUT2D eigenvalue weighted by Gasteiger charge is 2.34. The third-order valence-electron chi connectivity index (χ3n) is 3.77. The number of hydrogen-bond donors (Lipinski definition) is 2. The molecule has 0 aromatic carbocycles. The van der Waals surface area contributed by atoms with Crippen LogP contribution in [0.25, 0.3) is 4.85 Å². The number of nitrogens with zero attached hydrogens (tertiary/aromatic N) is 2. The molecule has 2 N–H and O–H groups in total. The van der Waals surface area contributed by atoms with E-state index in [1.54, 1.807) is 0 Å². The summed E-state index contributed by atoms with van der Waals surface area (Å²) in [6.45, 7) is 9.64. The van der Waals surface area contributed by atoms with Gasteiger partial charge in [0.05, 0.1) is 12.8 Å². The third-order valence-corrected chi connectivity index (χ3v) is 4.68. The molecule has 2 heterocycles. The number of rotatable bonds is 2. The second kappa shape index (κ2) is 5.29. The monoisotopic (exact) mass is 330 g/mol. The van der Waals surface area contributed by atoms with Gasteiger partial charge in [0.25, 0.3) is 0 Å². The first-order valence-electron chi connectivity index (χ1n) is 6.67.